The largest absolute Gasteiger partial charge is 0.481 e. The molecule has 1 heterocycles. The normalized spacial score (nSPS) is 11.3. The number of carboxylic acid groups (broad SMARTS) is 1. The smallest absolute Gasteiger partial charge is 0.313 e. The fourth-order valence-corrected chi connectivity index (χ4v) is 1.91. The van der Waals surface area contributed by atoms with Crippen molar-refractivity contribution in [3.8, 4) is 0 Å². The Morgan fingerprint density at radius 2 is 2.17 bits per heavy atom. The lowest BCUT2D eigenvalue weighted by molar-refractivity contribution is -0.134. The highest BCUT2D eigenvalue weighted by atomic mass is 32.2. The number of hydrogen-bond donors (Lipinski definition) is 2. The van der Waals surface area contributed by atoms with Crippen LogP contribution in [0, 0.1) is 5.41 Å². The Morgan fingerprint density at radius 1 is 1.50 bits per heavy atom. The Labute approximate surface area is 108 Å². The summed E-state index contributed by atoms with van der Waals surface area (Å²) in [5.41, 5.74) is -0.678. The van der Waals surface area contributed by atoms with Gasteiger partial charge in [-0.3, -0.25) is 9.59 Å². The van der Waals surface area contributed by atoms with Crippen LogP contribution in [0.25, 0.3) is 0 Å². The van der Waals surface area contributed by atoms with Crippen LogP contribution in [0.3, 0.4) is 0 Å². The average Bonchev–Trinajstić information content (AvgIpc) is 2.71. The van der Waals surface area contributed by atoms with Crippen molar-refractivity contribution in [3.05, 3.63) is 0 Å². The molecule has 0 bridgehead atoms. The SMILES string of the molecule is CNC(=O)C(C)(C)Cn1nnnc1SCC(=O)O. The zero-order valence-corrected chi connectivity index (χ0v) is 11.2. The number of thioether (sulfide) groups is 1. The number of carboxylic acids is 1. The van der Waals surface area contributed by atoms with Crippen LogP contribution in [0.15, 0.2) is 5.16 Å². The van der Waals surface area contributed by atoms with E-state index in [1.807, 2.05) is 0 Å². The van der Waals surface area contributed by atoms with Crippen molar-refractivity contribution in [1.82, 2.24) is 25.5 Å². The summed E-state index contributed by atoms with van der Waals surface area (Å²) in [6.07, 6.45) is 0. The molecular formula is C9H15N5O3S. The molecule has 18 heavy (non-hydrogen) atoms. The van der Waals surface area contributed by atoms with Crippen LogP contribution in [0.1, 0.15) is 13.8 Å². The van der Waals surface area contributed by atoms with E-state index in [2.05, 4.69) is 20.8 Å². The highest BCUT2D eigenvalue weighted by molar-refractivity contribution is 7.99. The first-order valence-corrected chi connectivity index (χ1v) is 6.18. The molecule has 0 saturated carbocycles. The van der Waals surface area contributed by atoms with Crippen molar-refractivity contribution < 1.29 is 14.7 Å². The first kappa shape index (κ1) is 14.4. The van der Waals surface area contributed by atoms with Gasteiger partial charge in [0.25, 0.3) is 0 Å². The summed E-state index contributed by atoms with van der Waals surface area (Å²) in [7, 11) is 1.56. The molecule has 2 N–H and O–H groups in total. The van der Waals surface area contributed by atoms with E-state index in [1.54, 1.807) is 20.9 Å². The molecule has 0 aromatic carbocycles. The van der Waals surface area contributed by atoms with Crippen molar-refractivity contribution in [1.29, 1.82) is 0 Å². The maximum Gasteiger partial charge on any atom is 0.313 e. The van der Waals surface area contributed by atoms with Gasteiger partial charge in [-0.15, -0.1) is 5.10 Å². The minimum Gasteiger partial charge on any atom is -0.481 e. The third-order valence-electron chi connectivity index (χ3n) is 2.21. The van der Waals surface area contributed by atoms with E-state index in [1.165, 1.54) is 4.68 Å². The van der Waals surface area contributed by atoms with E-state index in [0.29, 0.717) is 5.16 Å². The summed E-state index contributed by atoms with van der Waals surface area (Å²) in [6.45, 7) is 3.81. The van der Waals surface area contributed by atoms with Crippen LogP contribution >= 0.6 is 11.8 Å². The number of tetrazole rings is 1. The topological polar surface area (TPSA) is 110 Å². The van der Waals surface area contributed by atoms with E-state index in [4.69, 9.17) is 5.11 Å². The third-order valence-corrected chi connectivity index (χ3v) is 3.15. The van der Waals surface area contributed by atoms with Gasteiger partial charge in [0.15, 0.2) is 0 Å². The molecule has 1 amide bonds. The van der Waals surface area contributed by atoms with Crippen molar-refractivity contribution in [2.45, 2.75) is 25.5 Å². The minimum absolute atomic E-state index is 0.124. The van der Waals surface area contributed by atoms with Crippen molar-refractivity contribution in [3.63, 3.8) is 0 Å². The lowest BCUT2D eigenvalue weighted by Gasteiger charge is -2.22. The molecule has 9 heteroatoms. The average molecular weight is 273 g/mol. The molecule has 8 nitrogen and oxygen atoms in total. The second-order valence-electron chi connectivity index (χ2n) is 4.26. The predicted molar refractivity (Wildman–Crippen MR) is 64.0 cm³/mol. The van der Waals surface area contributed by atoms with Crippen LogP contribution in [-0.2, 0) is 16.1 Å². The maximum absolute atomic E-state index is 11.6. The number of nitrogens with zero attached hydrogens (tertiary/aromatic N) is 4. The number of nitrogens with one attached hydrogen (secondary N) is 1. The van der Waals surface area contributed by atoms with Crippen LogP contribution < -0.4 is 5.32 Å². The van der Waals surface area contributed by atoms with E-state index in [-0.39, 0.29) is 18.2 Å². The Hall–Kier alpha value is -1.64. The van der Waals surface area contributed by atoms with E-state index in [9.17, 15) is 9.59 Å². The molecule has 1 aromatic heterocycles. The molecule has 1 rings (SSSR count). The second kappa shape index (κ2) is 5.80. The van der Waals surface area contributed by atoms with E-state index >= 15 is 0 Å². The Balaban J connectivity index is 2.76. The minimum atomic E-state index is -0.944. The number of carbonyl (C=O) groups excluding carboxylic acids is 1. The third kappa shape index (κ3) is 3.69. The number of hydrogen-bond acceptors (Lipinski definition) is 6. The molecule has 0 fully saturated rings. The molecule has 0 aliphatic carbocycles. The number of carbonyl (C=O) groups is 2. The zero-order valence-electron chi connectivity index (χ0n) is 10.4. The fraction of sp³-hybridized carbons (Fsp3) is 0.667. The van der Waals surface area contributed by atoms with E-state index < -0.39 is 11.4 Å². The molecule has 0 unspecified atom stereocenters. The molecular weight excluding hydrogens is 258 g/mol. The Kier molecular flexibility index (Phi) is 4.65. The van der Waals surface area contributed by atoms with Gasteiger partial charge in [-0.2, -0.15) is 0 Å². The molecule has 0 atom stereocenters. The molecule has 100 valence electrons. The van der Waals surface area contributed by atoms with Crippen LogP contribution in [-0.4, -0.2) is 50.0 Å². The lowest BCUT2D eigenvalue weighted by Crippen LogP contribution is -2.38. The van der Waals surface area contributed by atoms with Gasteiger partial charge in [-0.1, -0.05) is 11.8 Å². The van der Waals surface area contributed by atoms with Gasteiger partial charge in [0.1, 0.15) is 0 Å². The number of aromatic nitrogens is 4. The number of amides is 1. The first-order valence-electron chi connectivity index (χ1n) is 5.20. The Morgan fingerprint density at radius 3 is 2.72 bits per heavy atom. The van der Waals surface area contributed by atoms with Crippen LogP contribution in [0.5, 0.6) is 0 Å². The quantitative estimate of drug-likeness (QED) is 0.680. The van der Waals surface area contributed by atoms with Gasteiger partial charge < -0.3 is 10.4 Å². The van der Waals surface area contributed by atoms with Crippen LogP contribution in [0.4, 0.5) is 0 Å². The molecule has 0 radical (unpaired) electrons. The number of aliphatic carboxylic acids is 1. The molecule has 0 aliphatic heterocycles. The van der Waals surface area contributed by atoms with E-state index in [0.717, 1.165) is 11.8 Å². The summed E-state index contributed by atoms with van der Waals surface area (Å²) in [6, 6.07) is 0. The highest BCUT2D eigenvalue weighted by Gasteiger charge is 2.29. The van der Waals surface area contributed by atoms with Gasteiger partial charge in [0.05, 0.1) is 17.7 Å². The second-order valence-corrected chi connectivity index (χ2v) is 5.21. The van der Waals surface area contributed by atoms with Crippen LogP contribution in [0.2, 0.25) is 0 Å². The predicted octanol–water partition coefficient (Wildman–Crippen LogP) is -0.378. The molecule has 0 spiro atoms. The summed E-state index contributed by atoms with van der Waals surface area (Å²) < 4.78 is 1.43. The fourth-order valence-electron chi connectivity index (χ4n) is 1.31. The summed E-state index contributed by atoms with van der Waals surface area (Å²) >= 11 is 1.02. The highest BCUT2D eigenvalue weighted by Crippen LogP contribution is 2.21. The molecule has 0 aliphatic rings. The lowest BCUT2D eigenvalue weighted by atomic mass is 9.92. The number of rotatable bonds is 6. The summed E-state index contributed by atoms with van der Waals surface area (Å²) in [5, 5.41) is 22.5. The van der Waals surface area contributed by atoms with Gasteiger partial charge in [-0.05, 0) is 24.3 Å². The molecule has 1 aromatic rings. The monoisotopic (exact) mass is 273 g/mol. The van der Waals surface area contributed by atoms with Gasteiger partial charge in [0, 0.05) is 7.05 Å². The summed E-state index contributed by atoms with van der Waals surface area (Å²) in [4.78, 5) is 22.1. The first-order chi connectivity index (χ1) is 8.36. The van der Waals surface area contributed by atoms with Gasteiger partial charge in [0.2, 0.25) is 11.1 Å². The Bertz CT molecular complexity index is 445. The standard InChI is InChI=1S/C9H15N5O3S/c1-9(2,7(17)10-3)5-14-8(11-12-13-14)18-4-6(15)16/h4-5H2,1-3H3,(H,10,17)(H,15,16). The van der Waals surface area contributed by atoms with Gasteiger partial charge >= 0.3 is 5.97 Å². The van der Waals surface area contributed by atoms with Gasteiger partial charge in [-0.25, -0.2) is 4.68 Å². The zero-order chi connectivity index (χ0) is 13.8. The maximum atomic E-state index is 11.6. The summed E-state index contributed by atoms with van der Waals surface area (Å²) in [5.74, 6) is -1.20. The van der Waals surface area contributed by atoms with Crippen molar-refractivity contribution in [2.24, 2.45) is 5.41 Å². The molecule has 0 saturated heterocycles. The van der Waals surface area contributed by atoms with Crippen molar-refractivity contribution >= 4 is 23.6 Å². The van der Waals surface area contributed by atoms with Crippen molar-refractivity contribution in [2.75, 3.05) is 12.8 Å².